The number of para-hydroxylation sites is 1. The van der Waals surface area contributed by atoms with E-state index >= 15 is 0 Å². The third-order valence-corrected chi connectivity index (χ3v) is 3.80. The zero-order valence-corrected chi connectivity index (χ0v) is 12.9. The Hall–Kier alpha value is -1.76. The van der Waals surface area contributed by atoms with Crippen LogP contribution in [-0.4, -0.2) is 28.7 Å². The van der Waals surface area contributed by atoms with E-state index in [4.69, 9.17) is 4.52 Å². The van der Waals surface area contributed by atoms with E-state index in [0.29, 0.717) is 25.0 Å². The van der Waals surface area contributed by atoms with Crippen LogP contribution in [0.15, 0.2) is 30.3 Å². The monoisotopic (exact) mass is 330 g/mol. The van der Waals surface area contributed by atoms with Gasteiger partial charge in [0.05, 0.1) is 0 Å². The van der Waals surface area contributed by atoms with Crippen molar-refractivity contribution in [1.29, 1.82) is 0 Å². The fourth-order valence-corrected chi connectivity index (χ4v) is 2.64. The topological polar surface area (TPSA) is 119 Å². The van der Waals surface area contributed by atoms with E-state index in [1.807, 2.05) is 0 Å². The zero-order valence-electron chi connectivity index (χ0n) is 12.0. The van der Waals surface area contributed by atoms with Crippen LogP contribution in [0, 0.1) is 10.1 Å². The van der Waals surface area contributed by atoms with Crippen LogP contribution in [0.2, 0.25) is 0 Å². The molecule has 0 bridgehead atoms. The van der Waals surface area contributed by atoms with Gasteiger partial charge in [-0.25, -0.2) is 9.65 Å². The molecule has 1 atom stereocenters. The Morgan fingerprint density at radius 3 is 2.59 bits per heavy atom. The van der Waals surface area contributed by atoms with Crippen LogP contribution < -0.4 is 9.61 Å². The maximum absolute atomic E-state index is 11.7. The average Bonchev–Trinajstić information content (AvgIpc) is 2.42. The molecule has 0 radical (unpaired) electrons. The van der Waals surface area contributed by atoms with Gasteiger partial charge in [-0.15, -0.1) is 0 Å². The lowest BCUT2D eigenvalue weighted by molar-refractivity contribution is -0.467. The van der Waals surface area contributed by atoms with Crippen molar-refractivity contribution in [3.8, 4) is 5.75 Å². The van der Waals surface area contributed by atoms with Gasteiger partial charge in [0, 0.05) is 17.9 Å². The molecule has 0 saturated carbocycles. The maximum Gasteiger partial charge on any atom is 0.456 e. The smallest absolute Gasteiger partial charge is 0.413 e. The van der Waals surface area contributed by atoms with Crippen LogP contribution in [0.1, 0.15) is 25.7 Å². The first-order valence-electron chi connectivity index (χ1n) is 6.85. The molecular weight excluding hydrogens is 311 g/mol. The minimum absolute atomic E-state index is 0.151. The Kier molecular flexibility index (Phi) is 7.73. The Labute approximate surface area is 128 Å². The van der Waals surface area contributed by atoms with Crippen LogP contribution in [-0.2, 0) is 9.36 Å². The van der Waals surface area contributed by atoms with Crippen molar-refractivity contribution in [3.05, 3.63) is 40.4 Å². The summed E-state index contributed by atoms with van der Waals surface area (Å²) in [5.74, 6) is -0.107. The van der Waals surface area contributed by atoms with Gasteiger partial charge in [-0.3, -0.25) is 14.9 Å². The van der Waals surface area contributed by atoms with E-state index in [2.05, 4.69) is 5.09 Å². The molecule has 1 unspecified atom stereocenters. The van der Waals surface area contributed by atoms with Gasteiger partial charge in [0.1, 0.15) is 5.75 Å². The Morgan fingerprint density at radius 2 is 1.95 bits per heavy atom. The summed E-state index contributed by atoms with van der Waals surface area (Å²) >= 11 is 0. The summed E-state index contributed by atoms with van der Waals surface area (Å²) in [6.45, 7) is -0.390. The molecule has 0 amide bonds. The fraction of sp³-hybridized carbons (Fsp3) is 0.462. The van der Waals surface area contributed by atoms with E-state index in [1.165, 1.54) is 0 Å². The molecule has 1 aromatic carbocycles. The van der Waals surface area contributed by atoms with Crippen molar-refractivity contribution < 1.29 is 23.7 Å². The van der Waals surface area contributed by atoms with Crippen LogP contribution in [0.5, 0.6) is 5.75 Å². The number of carbonyl (C=O) groups is 1. The van der Waals surface area contributed by atoms with Gasteiger partial charge in [0.15, 0.2) is 0 Å². The Morgan fingerprint density at radius 1 is 1.27 bits per heavy atom. The highest BCUT2D eigenvalue weighted by atomic mass is 31.2. The largest absolute Gasteiger partial charge is 0.456 e. The molecule has 1 aromatic rings. The predicted octanol–water partition coefficient (Wildman–Crippen LogP) is 2.16. The number of benzene rings is 1. The van der Waals surface area contributed by atoms with Crippen molar-refractivity contribution in [2.24, 2.45) is 0 Å². The van der Waals surface area contributed by atoms with Gasteiger partial charge in [-0.1, -0.05) is 24.6 Å². The van der Waals surface area contributed by atoms with Crippen LogP contribution in [0.3, 0.4) is 0 Å². The molecular formula is C13H19N2O6P. The van der Waals surface area contributed by atoms with Crippen molar-refractivity contribution in [2.75, 3.05) is 13.1 Å². The van der Waals surface area contributed by atoms with Gasteiger partial charge in [0.2, 0.25) is 5.78 Å². The van der Waals surface area contributed by atoms with Crippen LogP contribution in [0.4, 0.5) is 0 Å². The van der Waals surface area contributed by atoms with Gasteiger partial charge >= 0.3 is 7.75 Å². The second-order valence-electron chi connectivity index (χ2n) is 4.67. The number of Topliss-reactive ketones (excluding diaryl/α,β-unsaturated/α-hetero) is 1. The van der Waals surface area contributed by atoms with Gasteiger partial charge < -0.3 is 9.42 Å². The van der Waals surface area contributed by atoms with Crippen LogP contribution >= 0.6 is 7.75 Å². The number of unbranched alkanes of at least 4 members (excludes halogenated alkanes) is 2. The number of hydrogen-bond acceptors (Lipinski definition) is 5. The van der Waals surface area contributed by atoms with Crippen LogP contribution in [0.25, 0.3) is 0 Å². The van der Waals surface area contributed by atoms with Crippen molar-refractivity contribution in [1.82, 2.24) is 5.09 Å². The second-order valence-corrected chi connectivity index (χ2v) is 6.21. The fourth-order valence-electron chi connectivity index (χ4n) is 1.72. The summed E-state index contributed by atoms with van der Waals surface area (Å²) < 4.78 is 16.7. The lowest BCUT2D eigenvalue weighted by atomic mass is 10.1. The molecule has 0 heterocycles. The molecule has 9 heteroatoms. The van der Waals surface area contributed by atoms with E-state index in [1.54, 1.807) is 30.3 Å². The number of hydrogen-bond donors (Lipinski definition) is 2. The van der Waals surface area contributed by atoms with Crippen molar-refractivity contribution in [3.63, 3.8) is 0 Å². The van der Waals surface area contributed by atoms with Crippen molar-refractivity contribution in [2.45, 2.75) is 25.7 Å². The van der Waals surface area contributed by atoms with E-state index in [9.17, 15) is 24.4 Å². The maximum atomic E-state index is 11.7. The van der Waals surface area contributed by atoms with Gasteiger partial charge in [-0.2, -0.15) is 0 Å². The molecule has 0 saturated heterocycles. The second kappa shape index (κ2) is 9.30. The molecule has 0 aliphatic carbocycles. The number of nitrogens with one attached hydrogen (secondary N) is 1. The first-order chi connectivity index (χ1) is 10.4. The highest BCUT2D eigenvalue weighted by Gasteiger charge is 2.19. The number of ketones is 1. The van der Waals surface area contributed by atoms with E-state index in [-0.39, 0.29) is 13.0 Å². The number of carbonyl (C=O) groups excluding carboxylic acids is 1. The summed E-state index contributed by atoms with van der Waals surface area (Å²) in [7, 11) is -3.91. The molecule has 1 rings (SSSR count). The molecule has 22 heavy (non-hydrogen) atoms. The highest BCUT2D eigenvalue weighted by molar-refractivity contribution is 7.51. The van der Waals surface area contributed by atoms with Crippen molar-refractivity contribution >= 4 is 13.5 Å². The summed E-state index contributed by atoms with van der Waals surface area (Å²) in [5.41, 5.74) is 0. The summed E-state index contributed by atoms with van der Waals surface area (Å²) in [6.07, 6.45) is 1.86. The number of nitro groups is 1. The first kappa shape index (κ1) is 18.3. The average molecular weight is 330 g/mol. The molecule has 0 fully saturated rings. The molecule has 2 N–H and O–H groups in total. The Bertz CT molecular complexity index is 537. The molecule has 0 spiro atoms. The Balaban J connectivity index is 2.14. The van der Waals surface area contributed by atoms with E-state index < -0.39 is 25.0 Å². The molecule has 122 valence electrons. The third-order valence-electron chi connectivity index (χ3n) is 2.72. The highest BCUT2D eigenvalue weighted by Crippen LogP contribution is 2.37. The third kappa shape index (κ3) is 8.51. The minimum Gasteiger partial charge on any atom is -0.413 e. The van der Waals surface area contributed by atoms with Gasteiger partial charge in [-0.05, 0) is 25.0 Å². The summed E-state index contributed by atoms with van der Waals surface area (Å²) in [6, 6.07) is 8.30. The molecule has 0 aromatic heterocycles. The zero-order chi connectivity index (χ0) is 16.4. The van der Waals surface area contributed by atoms with Gasteiger partial charge in [0.25, 0.3) is 6.54 Å². The first-order valence-corrected chi connectivity index (χ1v) is 8.43. The quantitative estimate of drug-likeness (QED) is 0.276. The SMILES string of the molecule is O=C(CCCCCNP(=O)(O)Oc1ccccc1)C[N+](=O)[O-]. The van der Waals surface area contributed by atoms with E-state index in [0.717, 1.165) is 0 Å². The lowest BCUT2D eigenvalue weighted by Crippen LogP contribution is -2.16. The molecule has 0 aliphatic rings. The minimum atomic E-state index is -3.91. The molecule has 8 nitrogen and oxygen atoms in total. The number of rotatable bonds is 11. The molecule has 0 aliphatic heterocycles. The lowest BCUT2D eigenvalue weighted by Gasteiger charge is -2.14. The standard InChI is InChI=1S/C13H19N2O6P/c16-12(11-15(17)18)7-3-2-6-10-14-22(19,20)21-13-8-4-1-5-9-13/h1,4-5,8-9H,2-3,6-7,10-11H2,(H2,14,19,20). The number of nitrogens with zero attached hydrogens (tertiary/aromatic N) is 1. The normalized spacial score (nSPS) is 13.3. The summed E-state index contributed by atoms with van der Waals surface area (Å²) in [5, 5.41) is 12.5. The summed E-state index contributed by atoms with van der Waals surface area (Å²) in [4.78, 5) is 30.2. The predicted molar refractivity (Wildman–Crippen MR) is 80.2 cm³/mol.